The number of rotatable bonds is 2. The Morgan fingerprint density at radius 3 is 2.50 bits per heavy atom. The minimum Gasteiger partial charge on any atom is -0.389 e. The molecule has 3 N–H and O–H groups in total. The summed E-state index contributed by atoms with van der Waals surface area (Å²) in [6.45, 7) is 0. The second-order valence-electron chi connectivity index (χ2n) is 3.97. The predicted molar refractivity (Wildman–Crippen MR) is 75.9 cm³/mol. The van der Waals surface area contributed by atoms with Crippen molar-refractivity contribution in [2.45, 2.75) is 0 Å². The van der Waals surface area contributed by atoms with Crippen LogP contribution >= 0.6 is 11.3 Å². The third kappa shape index (κ3) is 1.91. The number of hydrogen-bond donors (Lipinski definition) is 2. The summed E-state index contributed by atoms with van der Waals surface area (Å²) in [6, 6.07) is 14.3. The predicted octanol–water partition coefficient (Wildman–Crippen LogP) is 4.37. The van der Waals surface area contributed by atoms with E-state index in [-0.39, 0.29) is 5.82 Å². The van der Waals surface area contributed by atoms with E-state index in [0.717, 1.165) is 26.5 Å². The number of nitrogens with one attached hydrogen (secondary N) is 1. The second kappa shape index (κ2) is 4.31. The smallest absolute Gasteiger partial charge is 0.123 e. The van der Waals surface area contributed by atoms with Crippen LogP contribution in [0.5, 0.6) is 0 Å². The van der Waals surface area contributed by atoms with Crippen LogP contribution in [0.2, 0.25) is 0 Å². The van der Waals surface area contributed by atoms with E-state index in [2.05, 4.69) is 5.32 Å². The van der Waals surface area contributed by atoms with Gasteiger partial charge in [-0.15, -0.1) is 11.3 Å². The molecule has 0 aliphatic heterocycles. The van der Waals surface area contributed by atoms with E-state index >= 15 is 0 Å². The standard InChI is InChI=1S/C14H11FN2S/c15-9-5-7-10(8-6-9)17-13-11-3-1-2-4-12(11)18-14(13)16/h1-8,17H,16H2. The van der Waals surface area contributed by atoms with Crippen molar-refractivity contribution in [3.8, 4) is 0 Å². The maximum atomic E-state index is 12.8. The second-order valence-corrected chi connectivity index (χ2v) is 5.05. The minimum absolute atomic E-state index is 0.247. The molecule has 1 heterocycles. The Balaban J connectivity index is 2.04. The first-order chi connectivity index (χ1) is 8.74. The summed E-state index contributed by atoms with van der Waals surface area (Å²) in [5.74, 6) is -0.247. The number of fused-ring (bicyclic) bond motifs is 1. The number of nitrogen functional groups attached to an aromatic ring is 1. The Morgan fingerprint density at radius 2 is 1.72 bits per heavy atom. The van der Waals surface area contributed by atoms with Crippen molar-refractivity contribution in [3.05, 3.63) is 54.3 Å². The van der Waals surface area contributed by atoms with Crippen molar-refractivity contribution in [3.63, 3.8) is 0 Å². The molecule has 90 valence electrons. The van der Waals surface area contributed by atoms with Gasteiger partial charge in [-0.3, -0.25) is 0 Å². The van der Waals surface area contributed by atoms with Crippen LogP contribution in [-0.2, 0) is 0 Å². The molecule has 0 bridgehead atoms. The molecule has 0 unspecified atom stereocenters. The van der Waals surface area contributed by atoms with Gasteiger partial charge in [-0.1, -0.05) is 18.2 Å². The van der Waals surface area contributed by atoms with Gasteiger partial charge in [-0.25, -0.2) is 4.39 Å². The van der Waals surface area contributed by atoms with Crippen LogP contribution in [0.1, 0.15) is 0 Å². The van der Waals surface area contributed by atoms with Gasteiger partial charge in [0, 0.05) is 15.8 Å². The van der Waals surface area contributed by atoms with E-state index in [1.54, 1.807) is 23.5 Å². The van der Waals surface area contributed by atoms with Gasteiger partial charge in [0.15, 0.2) is 0 Å². The first kappa shape index (κ1) is 11.0. The highest BCUT2D eigenvalue weighted by Crippen LogP contribution is 2.39. The molecule has 0 fully saturated rings. The Morgan fingerprint density at radius 1 is 1.00 bits per heavy atom. The molecular weight excluding hydrogens is 247 g/mol. The van der Waals surface area contributed by atoms with Gasteiger partial charge < -0.3 is 11.1 Å². The van der Waals surface area contributed by atoms with Crippen molar-refractivity contribution in [2.75, 3.05) is 11.1 Å². The zero-order valence-corrected chi connectivity index (χ0v) is 10.3. The first-order valence-electron chi connectivity index (χ1n) is 5.53. The van der Waals surface area contributed by atoms with Gasteiger partial charge in [0.1, 0.15) is 10.8 Å². The Kier molecular flexibility index (Phi) is 2.64. The zero-order valence-electron chi connectivity index (χ0n) is 9.48. The SMILES string of the molecule is Nc1sc2ccccc2c1Nc1ccc(F)cc1. The van der Waals surface area contributed by atoms with Gasteiger partial charge in [0.2, 0.25) is 0 Å². The number of benzene rings is 2. The van der Waals surface area contributed by atoms with Crippen LogP contribution in [-0.4, -0.2) is 0 Å². The van der Waals surface area contributed by atoms with Crippen LogP contribution in [0, 0.1) is 5.82 Å². The molecule has 0 aliphatic carbocycles. The molecule has 0 amide bonds. The lowest BCUT2D eigenvalue weighted by atomic mass is 10.2. The summed E-state index contributed by atoms with van der Waals surface area (Å²) in [4.78, 5) is 0. The lowest BCUT2D eigenvalue weighted by molar-refractivity contribution is 0.628. The molecule has 2 nitrogen and oxygen atoms in total. The van der Waals surface area contributed by atoms with Crippen molar-refractivity contribution in [1.29, 1.82) is 0 Å². The van der Waals surface area contributed by atoms with E-state index < -0.39 is 0 Å². The largest absolute Gasteiger partial charge is 0.389 e. The molecule has 3 rings (SSSR count). The van der Waals surface area contributed by atoms with Crippen LogP contribution < -0.4 is 11.1 Å². The van der Waals surface area contributed by atoms with Crippen LogP contribution in [0.4, 0.5) is 20.8 Å². The lowest BCUT2D eigenvalue weighted by Crippen LogP contribution is -1.92. The van der Waals surface area contributed by atoms with E-state index in [1.165, 1.54) is 12.1 Å². The van der Waals surface area contributed by atoms with Gasteiger partial charge >= 0.3 is 0 Å². The topological polar surface area (TPSA) is 38.0 Å². The van der Waals surface area contributed by atoms with Crippen molar-refractivity contribution >= 4 is 37.8 Å². The number of hydrogen-bond acceptors (Lipinski definition) is 3. The van der Waals surface area contributed by atoms with Crippen LogP contribution in [0.25, 0.3) is 10.1 Å². The number of thiophene rings is 1. The Hall–Kier alpha value is -2.07. The quantitative estimate of drug-likeness (QED) is 0.716. The highest BCUT2D eigenvalue weighted by molar-refractivity contribution is 7.23. The van der Waals surface area contributed by atoms with Crippen LogP contribution in [0.3, 0.4) is 0 Å². The molecule has 18 heavy (non-hydrogen) atoms. The first-order valence-corrected chi connectivity index (χ1v) is 6.35. The summed E-state index contributed by atoms with van der Waals surface area (Å²) in [6.07, 6.45) is 0. The maximum absolute atomic E-state index is 12.8. The highest BCUT2D eigenvalue weighted by Gasteiger charge is 2.09. The summed E-state index contributed by atoms with van der Waals surface area (Å²) in [5.41, 5.74) is 7.73. The van der Waals surface area contributed by atoms with E-state index in [1.807, 2.05) is 24.3 Å². The summed E-state index contributed by atoms with van der Waals surface area (Å²) >= 11 is 1.54. The van der Waals surface area contributed by atoms with E-state index in [4.69, 9.17) is 5.73 Å². The average molecular weight is 258 g/mol. The molecule has 1 aromatic heterocycles. The third-order valence-corrected chi connectivity index (χ3v) is 3.74. The molecular formula is C14H11FN2S. The van der Waals surface area contributed by atoms with E-state index in [9.17, 15) is 4.39 Å². The molecule has 0 radical (unpaired) electrons. The molecule has 0 aliphatic rings. The van der Waals surface area contributed by atoms with Crippen molar-refractivity contribution in [2.24, 2.45) is 0 Å². The van der Waals surface area contributed by atoms with Crippen molar-refractivity contribution in [1.82, 2.24) is 0 Å². The number of anilines is 3. The van der Waals surface area contributed by atoms with Crippen molar-refractivity contribution < 1.29 is 4.39 Å². The van der Waals surface area contributed by atoms with Crippen LogP contribution in [0.15, 0.2) is 48.5 Å². The number of halogens is 1. The lowest BCUT2D eigenvalue weighted by Gasteiger charge is -2.06. The maximum Gasteiger partial charge on any atom is 0.123 e. The minimum atomic E-state index is -0.247. The molecule has 3 aromatic rings. The zero-order chi connectivity index (χ0) is 12.5. The highest BCUT2D eigenvalue weighted by atomic mass is 32.1. The van der Waals surface area contributed by atoms with Gasteiger partial charge in [0.05, 0.1) is 5.69 Å². The molecule has 2 aromatic carbocycles. The normalized spacial score (nSPS) is 10.7. The molecule has 4 heteroatoms. The monoisotopic (exact) mass is 258 g/mol. The van der Waals surface area contributed by atoms with Gasteiger partial charge in [-0.2, -0.15) is 0 Å². The summed E-state index contributed by atoms with van der Waals surface area (Å²) in [7, 11) is 0. The molecule has 0 saturated carbocycles. The summed E-state index contributed by atoms with van der Waals surface area (Å²) < 4.78 is 14.0. The Bertz CT molecular complexity index is 689. The van der Waals surface area contributed by atoms with E-state index in [0.29, 0.717) is 0 Å². The Labute approximate surface area is 108 Å². The molecule has 0 saturated heterocycles. The summed E-state index contributed by atoms with van der Waals surface area (Å²) in [5, 5.41) is 5.07. The third-order valence-electron chi connectivity index (χ3n) is 2.74. The molecule has 0 atom stereocenters. The fourth-order valence-corrected chi connectivity index (χ4v) is 2.80. The number of nitrogens with two attached hydrogens (primary N) is 1. The molecule has 0 spiro atoms. The average Bonchev–Trinajstić information content (AvgIpc) is 2.69. The van der Waals surface area contributed by atoms with Gasteiger partial charge in [-0.05, 0) is 30.3 Å². The fourth-order valence-electron chi connectivity index (χ4n) is 1.87. The fraction of sp³-hybridized carbons (Fsp3) is 0. The van der Waals surface area contributed by atoms with Gasteiger partial charge in [0.25, 0.3) is 0 Å².